The van der Waals surface area contributed by atoms with Crippen LogP contribution >= 0.6 is 0 Å². The highest BCUT2D eigenvalue weighted by atomic mass is 16.3. The van der Waals surface area contributed by atoms with Gasteiger partial charge in [0.1, 0.15) is 0 Å². The molecule has 1 aliphatic rings. The third kappa shape index (κ3) is 3.74. The maximum atomic E-state index is 9.57. The molecule has 3 heteroatoms. The van der Waals surface area contributed by atoms with E-state index in [4.69, 9.17) is 0 Å². The molecule has 0 saturated heterocycles. The topological polar surface area (TPSA) is 26.7 Å². The molecule has 0 aromatic heterocycles. The fourth-order valence-electron chi connectivity index (χ4n) is 2.80. The fraction of sp³-hybridized carbons (Fsp3) is 1.00. The first-order valence-electron chi connectivity index (χ1n) is 6.13. The van der Waals surface area contributed by atoms with Crippen molar-refractivity contribution in [1.82, 2.24) is 9.80 Å². The summed E-state index contributed by atoms with van der Waals surface area (Å²) in [6.07, 6.45) is 3.05. The number of aliphatic hydroxyl groups excluding tert-OH is 1. The van der Waals surface area contributed by atoms with E-state index >= 15 is 0 Å². The van der Waals surface area contributed by atoms with Gasteiger partial charge in [0.15, 0.2) is 0 Å². The number of aliphatic hydroxyl groups is 1. The van der Waals surface area contributed by atoms with E-state index in [1.165, 1.54) is 0 Å². The largest absolute Gasteiger partial charge is 0.393 e. The summed E-state index contributed by atoms with van der Waals surface area (Å²) in [5.74, 6) is 0. The first-order chi connectivity index (χ1) is 7.04. The molecule has 1 aliphatic carbocycles. The molecular formula is C12H26N2O. The smallest absolute Gasteiger partial charge is 0.0555 e. The molecule has 0 spiro atoms. The molecule has 0 amide bonds. The summed E-state index contributed by atoms with van der Waals surface area (Å²) in [6.45, 7) is 6.69. The van der Waals surface area contributed by atoms with Gasteiger partial charge in [-0.25, -0.2) is 0 Å². The second-order valence-electron chi connectivity index (χ2n) is 5.06. The maximum Gasteiger partial charge on any atom is 0.0555 e. The van der Waals surface area contributed by atoms with Gasteiger partial charge in [0.05, 0.1) is 6.10 Å². The molecule has 0 aromatic carbocycles. The van der Waals surface area contributed by atoms with Crippen LogP contribution < -0.4 is 0 Å². The van der Waals surface area contributed by atoms with E-state index in [0.29, 0.717) is 12.1 Å². The van der Waals surface area contributed by atoms with Crippen LogP contribution in [0.15, 0.2) is 0 Å². The van der Waals surface area contributed by atoms with Gasteiger partial charge in [-0.05, 0) is 46.8 Å². The molecule has 15 heavy (non-hydrogen) atoms. The molecule has 0 aliphatic heterocycles. The minimum absolute atomic E-state index is 0.0596. The Morgan fingerprint density at radius 3 is 2.40 bits per heavy atom. The van der Waals surface area contributed by atoms with Gasteiger partial charge in [-0.1, -0.05) is 6.92 Å². The predicted octanol–water partition coefficient (Wildman–Crippen LogP) is 1.17. The molecule has 1 N–H and O–H groups in total. The number of likely N-dealkylation sites (N-methyl/N-ethyl adjacent to an activating group) is 2. The minimum atomic E-state index is -0.0596. The summed E-state index contributed by atoms with van der Waals surface area (Å²) in [7, 11) is 4.24. The van der Waals surface area contributed by atoms with Crippen molar-refractivity contribution in [2.75, 3.05) is 27.2 Å². The highest BCUT2D eigenvalue weighted by molar-refractivity contribution is 4.85. The van der Waals surface area contributed by atoms with Crippen LogP contribution in [0.3, 0.4) is 0 Å². The van der Waals surface area contributed by atoms with Crippen molar-refractivity contribution < 1.29 is 5.11 Å². The molecule has 3 nitrogen and oxygen atoms in total. The Bertz CT molecular complexity index is 184. The highest BCUT2D eigenvalue weighted by Crippen LogP contribution is 2.25. The third-order valence-electron chi connectivity index (χ3n) is 3.41. The van der Waals surface area contributed by atoms with Crippen molar-refractivity contribution >= 4 is 0 Å². The molecule has 3 atom stereocenters. The average Bonchev–Trinajstić information content (AvgIpc) is 2.51. The molecule has 1 fully saturated rings. The molecule has 0 aromatic rings. The zero-order valence-corrected chi connectivity index (χ0v) is 10.6. The van der Waals surface area contributed by atoms with Crippen LogP contribution in [0, 0.1) is 0 Å². The van der Waals surface area contributed by atoms with Crippen LogP contribution in [-0.2, 0) is 0 Å². The van der Waals surface area contributed by atoms with Crippen molar-refractivity contribution in [2.45, 2.75) is 51.3 Å². The van der Waals surface area contributed by atoms with Crippen molar-refractivity contribution in [3.8, 4) is 0 Å². The lowest BCUT2D eigenvalue weighted by Crippen LogP contribution is -2.45. The van der Waals surface area contributed by atoms with Crippen molar-refractivity contribution in [2.24, 2.45) is 0 Å². The fourth-order valence-corrected chi connectivity index (χ4v) is 2.80. The maximum absolute atomic E-state index is 9.57. The van der Waals surface area contributed by atoms with E-state index in [9.17, 15) is 5.11 Å². The molecule has 3 unspecified atom stereocenters. The Kier molecular flexibility index (Phi) is 5.03. The lowest BCUT2D eigenvalue weighted by molar-refractivity contribution is 0.113. The number of hydrogen-bond acceptors (Lipinski definition) is 3. The van der Waals surface area contributed by atoms with E-state index in [1.807, 2.05) is 0 Å². The number of nitrogens with zero attached hydrogens (tertiary/aromatic N) is 2. The Hall–Kier alpha value is -0.120. The molecule has 0 heterocycles. The summed E-state index contributed by atoms with van der Waals surface area (Å²) < 4.78 is 0. The molecule has 0 radical (unpaired) electrons. The highest BCUT2D eigenvalue weighted by Gasteiger charge is 2.29. The van der Waals surface area contributed by atoms with Gasteiger partial charge in [-0.15, -0.1) is 0 Å². The van der Waals surface area contributed by atoms with Gasteiger partial charge in [0.2, 0.25) is 0 Å². The number of rotatable bonds is 5. The van der Waals surface area contributed by atoms with Crippen molar-refractivity contribution in [3.05, 3.63) is 0 Å². The van der Waals surface area contributed by atoms with Crippen molar-refractivity contribution in [3.63, 3.8) is 0 Å². The Balaban J connectivity index is 2.47. The van der Waals surface area contributed by atoms with Crippen LogP contribution in [-0.4, -0.2) is 60.3 Å². The second kappa shape index (κ2) is 5.83. The van der Waals surface area contributed by atoms with E-state index in [0.717, 1.165) is 32.4 Å². The van der Waals surface area contributed by atoms with Crippen LogP contribution in [0.4, 0.5) is 0 Å². The van der Waals surface area contributed by atoms with E-state index in [-0.39, 0.29) is 6.10 Å². The van der Waals surface area contributed by atoms with Gasteiger partial charge in [0, 0.05) is 18.6 Å². The van der Waals surface area contributed by atoms with Crippen LogP contribution in [0.5, 0.6) is 0 Å². The Morgan fingerprint density at radius 2 is 2.00 bits per heavy atom. The summed E-state index contributed by atoms with van der Waals surface area (Å²) >= 11 is 0. The lowest BCUT2D eigenvalue weighted by Gasteiger charge is -2.34. The molecule has 90 valence electrons. The standard InChI is InChI=1S/C12H26N2O/c1-5-14(10(2)9-13(3)4)11-6-7-12(15)8-11/h10-12,15H,5-9H2,1-4H3. The summed E-state index contributed by atoms with van der Waals surface area (Å²) in [4.78, 5) is 4.77. The summed E-state index contributed by atoms with van der Waals surface area (Å²) in [5.41, 5.74) is 0. The van der Waals surface area contributed by atoms with Gasteiger partial charge in [-0.3, -0.25) is 4.90 Å². The molecular weight excluding hydrogens is 188 g/mol. The minimum Gasteiger partial charge on any atom is -0.393 e. The quantitative estimate of drug-likeness (QED) is 0.744. The first-order valence-corrected chi connectivity index (χ1v) is 6.13. The van der Waals surface area contributed by atoms with Gasteiger partial charge in [-0.2, -0.15) is 0 Å². The van der Waals surface area contributed by atoms with E-state index < -0.39 is 0 Å². The number of hydrogen-bond donors (Lipinski definition) is 1. The SMILES string of the molecule is CCN(C(C)CN(C)C)C1CCC(O)C1. The van der Waals surface area contributed by atoms with Gasteiger partial charge >= 0.3 is 0 Å². The van der Waals surface area contributed by atoms with Crippen LogP contribution in [0.2, 0.25) is 0 Å². The van der Waals surface area contributed by atoms with E-state index in [1.54, 1.807) is 0 Å². The Morgan fingerprint density at radius 1 is 1.33 bits per heavy atom. The zero-order valence-electron chi connectivity index (χ0n) is 10.6. The lowest BCUT2D eigenvalue weighted by atomic mass is 10.1. The second-order valence-corrected chi connectivity index (χ2v) is 5.06. The van der Waals surface area contributed by atoms with E-state index in [2.05, 4.69) is 37.7 Å². The molecule has 0 bridgehead atoms. The van der Waals surface area contributed by atoms with Gasteiger partial charge in [0.25, 0.3) is 0 Å². The summed E-state index contributed by atoms with van der Waals surface area (Å²) in [5, 5.41) is 9.57. The van der Waals surface area contributed by atoms with Crippen LogP contribution in [0.25, 0.3) is 0 Å². The molecule has 1 saturated carbocycles. The van der Waals surface area contributed by atoms with Crippen LogP contribution in [0.1, 0.15) is 33.1 Å². The third-order valence-corrected chi connectivity index (χ3v) is 3.41. The average molecular weight is 214 g/mol. The normalized spacial score (nSPS) is 29.0. The first kappa shape index (κ1) is 12.9. The van der Waals surface area contributed by atoms with Gasteiger partial charge < -0.3 is 10.0 Å². The molecule has 1 rings (SSSR count). The van der Waals surface area contributed by atoms with Crippen molar-refractivity contribution in [1.29, 1.82) is 0 Å². The zero-order chi connectivity index (χ0) is 11.4. The summed E-state index contributed by atoms with van der Waals surface area (Å²) in [6, 6.07) is 1.18. The monoisotopic (exact) mass is 214 g/mol. The predicted molar refractivity (Wildman–Crippen MR) is 64.0 cm³/mol. The Labute approximate surface area is 94.1 Å².